The van der Waals surface area contributed by atoms with Crippen molar-refractivity contribution in [1.29, 1.82) is 0 Å². The van der Waals surface area contributed by atoms with E-state index in [-0.39, 0.29) is 18.1 Å². The number of thioether (sulfide) groups is 1. The molecule has 0 unspecified atom stereocenters. The first-order valence-electron chi connectivity index (χ1n) is 7.13. The molecule has 1 atom stereocenters. The largest absolute Gasteiger partial charge is 0.503 e. The van der Waals surface area contributed by atoms with Gasteiger partial charge < -0.3 is 14.9 Å². The Labute approximate surface area is 133 Å². The van der Waals surface area contributed by atoms with Gasteiger partial charge in [0.15, 0.2) is 17.3 Å². The summed E-state index contributed by atoms with van der Waals surface area (Å²) in [6.07, 6.45) is 2.90. The van der Waals surface area contributed by atoms with Crippen molar-refractivity contribution < 1.29 is 19.7 Å². The number of aliphatic hydroxyl groups excluding tert-OH is 1. The minimum absolute atomic E-state index is 0.00843. The second-order valence-electron chi connectivity index (χ2n) is 5.32. The molecule has 2 heterocycles. The molecule has 120 valence electrons. The number of ether oxygens (including phenoxy) is 1. The average Bonchev–Trinajstić information content (AvgIpc) is 2.89. The molecular weight excluding hydrogens is 304 g/mol. The molecule has 0 bridgehead atoms. The number of hydrogen-bond acceptors (Lipinski definition) is 7. The topological polar surface area (TPSA) is 92.0 Å². The quantitative estimate of drug-likeness (QED) is 0.743. The fraction of sp³-hybridized carbons (Fsp3) is 0.533. The Balaban J connectivity index is 2.17. The van der Waals surface area contributed by atoms with Gasteiger partial charge in [-0.15, -0.1) is 11.8 Å². The lowest BCUT2D eigenvalue weighted by Crippen LogP contribution is -2.31. The molecule has 0 saturated carbocycles. The molecule has 2 N–H and O–H groups in total. The molecule has 0 saturated heterocycles. The molecule has 0 radical (unpaired) electrons. The van der Waals surface area contributed by atoms with Crippen LogP contribution in [0.2, 0.25) is 0 Å². The van der Waals surface area contributed by atoms with Gasteiger partial charge in [-0.1, -0.05) is 0 Å². The number of aliphatic hydroxyl groups is 1. The number of aromatic hydroxyl groups is 1. The van der Waals surface area contributed by atoms with Crippen LogP contribution >= 0.6 is 11.8 Å². The maximum absolute atomic E-state index is 11.7. The summed E-state index contributed by atoms with van der Waals surface area (Å²) in [5.74, 6) is 0.805. The number of nitrogens with zero attached hydrogens (tertiary/aromatic N) is 2. The number of unbranched alkanes of at least 4 members (excludes halogenated alkanes) is 1. The summed E-state index contributed by atoms with van der Waals surface area (Å²) in [5.41, 5.74) is -0.416. The van der Waals surface area contributed by atoms with E-state index in [1.54, 1.807) is 19.2 Å². The normalized spacial score (nSPS) is 20.8. The van der Waals surface area contributed by atoms with E-state index in [1.165, 1.54) is 18.7 Å². The highest BCUT2D eigenvalue weighted by atomic mass is 32.2. The lowest BCUT2D eigenvalue weighted by Gasteiger charge is -2.14. The third kappa shape index (κ3) is 3.59. The molecule has 7 heteroatoms. The molecule has 1 aromatic rings. The summed E-state index contributed by atoms with van der Waals surface area (Å²) in [6, 6.07) is 1.59. The first kappa shape index (κ1) is 16.8. The third-order valence-electron chi connectivity index (χ3n) is 3.50. The van der Waals surface area contributed by atoms with Gasteiger partial charge in [0.05, 0.1) is 6.61 Å². The second-order valence-corrected chi connectivity index (χ2v) is 6.29. The third-order valence-corrected chi connectivity index (χ3v) is 4.76. The molecule has 0 aliphatic carbocycles. The zero-order valence-electron chi connectivity index (χ0n) is 12.7. The first-order chi connectivity index (χ1) is 10.5. The number of Topliss-reactive ketones (excluding diaryl/α,β-unsaturated/α-hetero) is 1. The second kappa shape index (κ2) is 7.11. The molecule has 1 aliphatic rings. The lowest BCUT2D eigenvalue weighted by atomic mass is 10.0. The van der Waals surface area contributed by atoms with E-state index in [9.17, 15) is 9.90 Å². The molecule has 1 aliphatic heterocycles. The highest BCUT2D eigenvalue weighted by Crippen LogP contribution is 2.36. The number of pyridine rings is 1. The van der Waals surface area contributed by atoms with Crippen LogP contribution in [0.1, 0.15) is 32.4 Å². The summed E-state index contributed by atoms with van der Waals surface area (Å²) in [4.78, 5) is 20.2. The minimum atomic E-state index is -0.758. The van der Waals surface area contributed by atoms with Crippen molar-refractivity contribution >= 4 is 22.6 Å². The molecule has 1 aromatic heterocycles. The fourth-order valence-electron chi connectivity index (χ4n) is 1.90. The summed E-state index contributed by atoms with van der Waals surface area (Å²) < 4.78 is 5.51. The Hall–Kier alpha value is -1.60. The Kier molecular flexibility index (Phi) is 5.42. The van der Waals surface area contributed by atoms with Crippen LogP contribution in [0.5, 0.6) is 11.5 Å². The van der Waals surface area contributed by atoms with Crippen molar-refractivity contribution in [1.82, 2.24) is 4.98 Å². The Bertz CT molecular complexity index is 591. The molecule has 0 spiro atoms. The van der Waals surface area contributed by atoms with Gasteiger partial charge in [0.1, 0.15) is 16.3 Å². The van der Waals surface area contributed by atoms with Crippen LogP contribution in [0.15, 0.2) is 17.3 Å². The predicted octanol–water partition coefficient (Wildman–Crippen LogP) is 1.78. The standard InChI is InChI=1S/C15H20N2O4S/c1-10(19)15(2)9-22-14(17-15)12-13(20)11(5-6-16-12)21-8-4-3-7-18/h5-6,18,20H,3-4,7-9H2,1-2H3/t15-/m1/s1. The molecule has 2 rings (SSSR count). The Morgan fingerprint density at radius 2 is 2.27 bits per heavy atom. The van der Waals surface area contributed by atoms with Crippen molar-refractivity contribution in [2.24, 2.45) is 4.99 Å². The predicted molar refractivity (Wildman–Crippen MR) is 85.8 cm³/mol. The zero-order valence-corrected chi connectivity index (χ0v) is 13.5. The molecule has 0 fully saturated rings. The highest BCUT2D eigenvalue weighted by molar-refractivity contribution is 8.14. The van der Waals surface area contributed by atoms with Gasteiger partial charge in [-0.25, -0.2) is 4.98 Å². The van der Waals surface area contributed by atoms with E-state index in [0.717, 1.165) is 0 Å². The zero-order chi connectivity index (χ0) is 16.2. The monoisotopic (exact) mass is 324 g/mol. The molecule has 0 amide bonds. The number of aliphatic imine (C=N–C) groups is 1. The molecule has 0 aromatic carbocycles. The summed E-state index contributed by atoms with van der Waals surface area (Å²) in [5, 5.41) is 19.6. The number of hydrogen-bond donors (Lipinski definition) is 2. The number of carbonyl (C=O) groups excluding carboxylic acids is 1. The highest BCUT2D eigenvalue weighted by Gasteiger charge is 2.36. The van der Waals surface area contributed by atoms with Crippen LogP contribution in [-0.2, 0) is 4.79 Å². The molecule has 22 heavy (non-hydrogen) atoms. The van der Waals surface area contributed by atoms with E-state index in [2.05, 4.69) is 9.98 Å². The summed E-state index contributed by atoms with van der Waals surface area (Å²) in [7, 11) is 0. The van der Waals surface area contributed by atoms with Crippen LogP contribution in [0.25, 0.3) is 0 Å². The van der Waals surface area contributed by atoms with Crippen LogP contribution in [-0.4, -0.2) is 50.5 Å². The maximum atomic E-state index is 11.7. The Morgan fingerprint density at radius 3 is 2.91 bits per heavy atom. The van der Waals surface area contributed by atoms with Crippen LogP contribution in [0, 0.1) is 0 Å². The van der Waals surface area contributed by atoms with E-state index in [0.29, 0.717) is 41.7 Å². The van der Waals surface area contributed by atoms with Crippen molar-refractivity contribution in [3.8, 4) is 11.5 Å². The fourth-order valence-corrected chi connectivity index (χ4v) is 3.14. The minimum Gasteiger partial charge on any atom is -0.503 e. The van der Waals surface area contributed by atoms with Crippen LogP contribution in [0.4, 0.5) is 0 Å². The molecular formula is C15H20N2O4S. The van der Waals surface area contributed by atoms with Crippen molar-refractivity contribution in [3.05, 3.63) is 18.0 Å². The van der Waals surface area contributed by atoms with E-state index in [4.69, 9.17) is 9.84 Å². The van der Waals surface area contributed by atoms with Gasteiger partial charge >= 0.3 is 0 Å². The SMILES string of the molecule is CC(=O)[C@@]1(C)CSC(c2nccc(OCCCCO)c2O)=N1. The number of carbonyl (C=O) groups is 1. The number of ketones is 1. The van der Waals surface area contributed by atoms with E-state index < -0.39 is 5.54 Å². The Morgan fingerprint density at radius 1 is 1.50 bits per heavy atom. The van der Waals surface area contributed by atoms with Gasteiger partial charge in [-0.05, 0) is 26.7 Å². The van der Waals surface area contributed by atoms with Gasteiger partial charge in [-0.3, -0.25) is 9.79 Å². The van der Waals surface area contributed by atoms with Gasteiger partial charge in [-0.2, -0.15) is 0 Å². The summed E-state index contributed by atoms with van der Waals surface area (Å²) >= 11 is 1.40. The van der Waals surface area contributed by atoms with Crippen molar-refractivity contribution in [2.75, 3.05) is 19.0 Å². The van der Waals surface area contributed by atoms with Crippen molar-refractivity contribution in [2.45, 2.75) is 32.2 Å². The number of rotatable bonds is 7. The van der Waals surface area contributed by atoms with Gasteiger partial charge in [0.25, 0.3) is 0 Å². The van der Waals surface area contributed by atoms with Crippen LogP contribution in [0.3, 0.4) is 0 Å². The van der Waals surface area contributed by atoms with Gasteiger partial charge in [0.2, 0.25) is 0 Å². The van der Waals surface area contributed by atoms with Gasteiger partial charge in [0, 0.05) is 24.6 Å². The number of aromatic nitrogens is 1. The smallest absolute Gasteiger partial charge is 0.186 e. The van der Waals surface area contributed by atoms with Crippen molar-refractivity contribution in [3.63, 3.8) is 0 Å². The lowest BCUT2D eigenvalue weighted by molar-refractivity contribution is -0.120. The molecule has 6 nitrogen and oxygen atoms in total. The first-order valence-corrected chi connectivity index (χ1v) is 8.12. The van der Waals surface area contributed by atoms with E-state index in [1.807, 2.05) is 0 Å². The van der Waals surface area contributed by atoms with E-state index >= 15 is 0 Å². The van der Waals surface area contributed by atoms with Crippen LogP contribution < -0.4 is 4.74 Å². The summed E-state index contributed by atoms with van der Waals surface area (Å²) in [6.45, 7) is 3.82. The average molecular weight is 324 g/mol. The maximum Gasteiger partial charge on any atom is 0.186 e.